The van der Waals surface area contributed by atoms with Gasteiger partial charge in [0.25, 0.3) is 0 Å². The second-order valence-corrected chi connectivity index (χ2v) is 3.99. The minimum absolute atomic E-state index is 0.0721. The molecule has 0 spiro atoms. The molecular weight excluding hydrogens is 276 g/mol. The molecule has 0 unspecified atom stereocenters. The van der Waals surface area contributed by atoms with Crippen LogP contribution in [0.2, 0.25) is 0 Å². The number of aromatic nitrogens is 4. The van der Waals surface area contributed by atoms with E-state index in [4.69, 9.17) is 5.11 Å². The van der Waals surface area contributed by atoms with Gasteiger partial charge in [-0.25, -0.2) is 9.48 Å². The predicted molar refractivity (Wildman–Crippen MR) is 58.0 cm³/mol. The van der Waals surface area contributed by atoms with Gasteiger partial charge in [0.05, 0.1) is 18.4 Å². The van der Waals surface area contributed by atoms with Gasteiger partial charge in [-0.1, -0.05) is 5.21 Å². The van der Waals surface area contributed by atoms with Gasteiger partial charge in [-0.3, -0.25) is 4.98 Å². The number of carboxylic acid groups (broad SMARTS) is 1. The summed E-state index contributed by atoms with van der Waals surface area (Å²) in [6, 6.07) is 3.68. The molecule has 2 aromatic heterocycles. The molecule has 2 rings (SSSR count). The fourth-order valence-electron chi connectivity index (χ4n) is 1.14. The number of hydrogen-bond donors (Lipinski definition) is 1. The number of halogens is 1. The van der Waals surface area contributed by atoms with Crippen molar-refractivity contribution in [2.45, 2.75) is 6.54 Å². The highest BCUT2D eigenvalue weighted by Gasteiger charge is 2.08. The Morgan fingerprint density at radius 2 is 2.31 bits per heavy atom. The number of rotatable bonds is 3. The second-order valence-electron chi connectivity index (χ2n) is 3.07. The molecule has 0 atom stereocenters. The summed E-state index contributed by atoms with van der Waals surface area (Å²) in [4.78, 5) is 14.7. The van der Waals surface area contributed by atoms with Gasteiger partial charge in [-0.2, -0.15) is 0 Å². The topological polar surface area (TPSA) is 80.9 Å². The lowest BCUT2D eigenvalue weighted by atomic mass is 10.3. The molecule has 0 amide bonds. The summed E-state index contributed by atoms with van der Waals surface area (Å²) < 4.78 is 2.32. The Hall–Kier alpha value is -1.76. The van der Waals surface area contributed by atoms with E-state index >= 15 is 0 Å². The average Bonchev–Trinajstić information content (AvgIpc) is 2.70. The molecule has 0 fully saturated rings. The van der Waals surface area contributed by atoms with Crippen molar-refractivity contribution in [2.75, 3.05) is 0 Å². The number of pyridine rings is 1. The van der Waals surface area contributed by atoms with Crippen molar-refractivity contribution in [1.82, 2.24) is 20.0 Å². The fourth-order valence-corrected chi connectivity index (χ4v) is 1.37. The largest absolute Gasteiger partial charge is 0.476 e. The Bertz CT molecular complexity index is 508. The third-order valence-corrected chi connectivity index (χ3v) is 2.34. The van der Waals surface area contributed by atoms with Crippen LogP contribution in [0.3, 0.4) is 0 Å². The van der Waals surface area contributed by atoms with Gasteiger partial charge < -0.3 is 5.11 Å². The SMILES string of the molecule is O=C(O)c1cn(Cc2ccc(Br)cn2)nn1. The molecular formula is C9H7BrN4O2. The summed E-state index contributed by atoms with van der Waals surface area (Å²) in [5.74, 6) is -1.09. The predicted octanol–water partition coefficient (Wildman–Crippen LogP) is 1.18. The normalized spacial score (nSPS) is 10.3. The molecule has 2 heterocycles. The number of nitrogens with zero attached hydrogens (tertiary/aromatic N) is 4. The van der Waals surface area contributed by atoms with E-state index in [9.17, 15) is 4.79 Å². The van der Waals surface area contributed by atoms with Crippen molar-refractivity contribution in [1.29, 1.82) is 0 Å². The van der Waals surface area contributed by atoms with Gasteiger partial charge in [-0.05, 0) is 28.1 Å². The minimum atomic E-state index is -1.09. The lowest BCUT2D eigenvalue weighted by molar-refractivity contribution is 0.0690. The van der Waals surface area contributed by atoms with Crippen molar-refractivity contribution in [3.63, 3.8) is 0 Å². The quantitative estimate of drug-likeness (QED) is 0.914. The first-order valence-electron chi connectivity index (χ1n) is 4.39. The van der Waals surface area contributed by atoms with Crippen LogP contribution in [0.15, 0.2) is 29.0 Å². The average molecular weight is 283 g/mol. The first kappa shape index (κ1) is 10.7. The van der Waals surface area contributed by atoms with Crippen LogP contribution in [0.25, 0.3) is 0 Å². The van der Waals surface area contributed by atoms with Gasteiger partial charge in [0.15, 0.2) is 5.69 Å². The zero-order valence-electron chi connectivity index (χ0n) is 8.04. The van der Waals surface area contributed by atoms with Crippen LogP contribution in [-0.2, 0) is 6.54 Å². The van der Waals surface area contributed by atoms with Crippen molar-refractivity contribution >= 4 is 21.9 Å². The van der Waals surface area contributed by atoms with E-state index < -0.39 is 5.97 Å². The Kier molecular flexibility index (Phi) is 2.95. The van der Waals surface area contributed by atoms with Crippen molar-refractivity contribution < 1.29 is 9.90 Å². The summed E-state index contributed by atoms with van der Waals surface area (Å²) in [6.45, 7) is 0.396. The lowest BCUT2D eigenvalue weighted by Crippen LogP contribution is -2.02. The van der Waals surface area contributed by atoms with E-state index in [0.717, 1.165) is 10.2 Å². The standard InChI is InChI=1S/C9H7BrN4O2/c10-6-1-2-7(11-3-6)4-14-5-8(9(15)16)12-13-14/h1-3,5H,4H2,(H,15,16). The Morgan fingerprint density at radius 3 is 2.88 bits per heavy atom. The molecule has 82 valence electrons. The fraction of sp³-hybridized carbons (Fsp3) is 0.111. The van der Waals surface area contributed by atoms with E-state index in [1.54, 1.807) is 6.20 Å². The molecule has 16 heavy (non-hydrogen) atoms. The zero-order chi connectivity index (χ0) is 11.5. The van der Waals surface area contributed by atoms with Crippen molar-refractivity contribution in [3.05, 3.63) is 40.4 Å². The van der Waals surface area contributed by atoms with Gasteiger partial charge in [-0.15, -0.1) is 5.10 Å². The molecule has 7 heteroatoms. The molecule has 0 radical (unpaired) electrons. The van der Waals surface area contributed by atoms with Gasteiger partial charge in [0, 0.05) is 10.7 Å². The minimum Gasteiger partial charge on any atom is -0.476 e. The van der Waals surface area contributed by atoms with E-state index in [1.807, 2.05) is 12.1 Å². The molecule has 0 aromatic carbocycles. The Morgan fingerprint density at radius 1 is 1.50 bits per heavy atom. The second kappa shape index (κ2) is 4.40. The molecule has 0 aliphatic carbocycles. The highest BCUT2D eigenvalue weighted by molar-refractivity contribution is 9.10. The highest BCUT2D eigenvalue weighted by Crippen LogP contribution is 2.08. The maximum Gasteiger partial charge on any atom is 0.358 e. The monoisotopic (exact) mass is 282 g/mol. The van der Waals surface area contributed by atoms with E-state index in [-0.39, 0.29) is 5.69 Å². The van der Waals surface area contributed by atoms with Crippen LogP contribution >= 0.6 is 15.9 Å². The highest BCUT2D eigenvalue weighted by atomic mass is 79.9. The van der Waals surface area contributed by atoms with Crippen LogP contribution < -0.4 is 0 Å². The number of aromatic carboxylic acids is 1. The van der Waals surface area contributed by atoms with Crippen LogP contribution in [0.1, 0.15) is 16.2 Å². The van der Waals surface area contributed by atoms with Crippen molar-refractivity contribution in [2.24, 2.45) is 0 Å². The number of hydrogen-bond acceptors (Lipinski definition) is 4. The summed E-state index contributed by atoms with van der Waals surface area (Å²) in [7, 11) is 0. The molecule has 0 saturated carbocycles. The third-order valence-electron chi connectivity index (χ3n) is 1.87. The third kappa shape index (κ3) is 2.43. The lowest BCUT2D eigenvalue weighted by Gasteiger charge is -1.99. The van der Waals surface area contributed by atoms with E-state index in [2.05, 4.69) is 31.2 Å². The molecule has 0 aliphatic heterocycles. The summed E-state index contributed by atoms with van der Waals surface area (Å²) >= 11 is 3.28. The maximum atomic E-state index is 10.6. The molecule has 0 saturated heterocycles. The van der Waals surface area contributed by atoms with Crippen LogP contribution in [-0.4, -0.2) is 31.1 Å². The summed E-state index contributed by atoms with van der Waals surface area (Å²) in [6.07, 6.45) is 3.04. The molecule has 2 aromatic rings. The number of carboxylic acids is 1. The van der Waals surface area contributed by atoms with Crippen LogP contribution in [0.5, 0.6) is 0 Å². The Balaban J connectivity index is 2.14. The first-order valence-corrected chi connectivity index (χ1v) is 5.18. The van der Waals surface area contributed by atoms with Gasteiger partial charge >= 0.3 is 5.97 Å². The molecule has 6 nitrogen and oxygen atoms in total. The molecule has 0 bridgehead atoms. The molecule has 1 N–H and O–H groups in total. The van der Waals surface area contributed by atoms with Gasteiger partial charge in [0.2, 0.25) is 0 Å². The van der Waals surface area contributed by atoms with Gasteiger partial charge in [0.1, 0.15) is 0 Å². The van der Waals surface area contributed by atoms with Crippen molar-refractivity contribution in [3.8, 4) is 0 Å². The summed E-state index contributed by atoms with van der Waals surface area (Å²) in [5.41, 5.74) is 0.710. The summed E-state index contributed by atoms with van der Waals surface area (Å²) in [5, 5.41) is 15.9. The molecule has 0 aliphatic rings. The van der Waals surface area contributed by atoms with E-state index in [1.165, 1.54) is 10.9 Å². The zero-order valence-corrected chi connectivity index (χ0v) is 9.62. The van der Waals surface area contributed by atoms with E-state index in [0.29, 0.717) is 6.54 Å². The first-order chi connectivity index (χ1) is 7.65. The Labute approximate surface area is 99.1 Å². The van der Waals surface area contributed by atoms with Crippen LogP contribution in [0, 0.1) is 0 Å². The number of carbonyl (C=O) groups is 1. The van der Waals surface area contributed by atoms with Crippen LogP contribution in [0.4, 0.5) is 0 Å². The smallest absolute Gasteiger partial charge is 0.358 e. The maximum absolute atomic E-state index is 10.6.